The highest BCUT2D eigenvalue weighted by Crippen LogP contribution is 2.23. The number of hydrogen-bond donors (Lipinski definition) is 1. The number of nitrogens with one attached hydrogen (secondary N) is 1. The average molecular weight is 324 g/mol. The van der Waals surface area contributed by atoms with Crippen LogP contribution in [0.2, 0.25) is 0 Å². The second kappa shape index (κ2) is 6.30. The number of halogens is 1. The highest BCUT2D eigenvalue weighted by atomic mass is 79.9. The summed E-state index contributed by atoms with van der Waals surface area (Å²) in [5.41, 5.74) is 2.14. The Morgan fingerprint density at radius 1 is 1.37 bits per heavy atom. The number of rotatable bonds is 5. The summed E-state index contributed by atoms with van der Waals surface area (Å²) in [6.07, 6.45) is 0.751. The van der Waals surface area contributed by atoms with E-state index < -0.39 is 0 Å². The molecule has 0 amide bonds. The summed E-state index contributed by atoms with van der Waals surface area (Å²) in [7, 11) is 0. The summed E-state index contributed by atoms with van der Waals surface area (Å²) in [4.78, 5) is 4.43. The minimum atomic E-state index is 0.469. The third-order valence-electron chi connectivity index (χ3n) is 2.79. The van der Waals surface area contributed by atoms with Crippen molar-refractivity contribution >= 4 is 15.9 Å². The van der Waals surface area contributed by atoms with E-state index in [1.807, 2.05) is 25.1 Å². The van der Waals surface area contributed by atoms with Crippen molar-refractivity contribution in [1.82, 2.24) is 15.5 Å². The summed E-state index contributed by atoms with van der Waals surface area (Å²) in [6.45, 7) is 7.12. The first-order valence-corrected chi connectivity index (χ1v) is 7.18. The number of aryl methyl sites for hydroxylation is 1. The van der Waals surface area contributed by atoms with Gasteiger partial charge in [0.1, 0.15) is 0 Å². The number of nitrogens with zero attached hydrogens (tertiary/aromatic N) is 2. The molecule has 0 atom stereocenters. The standard InChI is InChI=1S/C14H18BrN3O/c1-9(2)16-7-6-13-17-14(18-19-13)12-5-4-11(15)8-10(12)3/h4-5,8-9,16H,6-7H2,1-3H3. The second-order valence-electron chi connectivity index (χ2n) is 4.83. The van der Waals surface area contributed by atoms with Gasteiger partial charge in [-0.1, -0.05) is 34.9 Å². The fraction of sp³-hybridized carbons (Fsp3) is 0.429. The van der Waals surface area contributed by atoms with Crippen LogP contribution in [0.3, 0.4) is 0 Å². The lowest BCUT2D eigenvalue weighted by molar-refractivity contribution is 0.374. The highest BCUT2D eigenvalue weighted by molar-refractivity contribution is 9.10. The molecule has 0 radical (unpaired) electrons. The van der Waals surface area contributed by atoms with Gasteiger partial charge in [-0.3, -0.25) is 0 Å². The molecule has 0 unspecified atom stereocenters. The number of hydrogen-bond acceptors (Lipinski definition) is 4. The van der Waals surface area contributed by atoms with Crippen LogP contribution < -0.4 is 5.32 Å². The van der Waals surface area contributed by atoms with Crippen LogP contribution in [0, 0.1) is 6.92 Å². The molecule has 1 heterocycles. The summed E-state index contributed by atoms with van der Waals surface area (Å²) in [6, 6.07) is 6.50. The van der Waals surface area contributed by atoms with Gasteiger partial charge >= 0.3 is 0 Å². The zero-order chi connectivity index (χ0) is 13.8. The molecular weight excluding hydrogens is 306 g/mol. The maximum absolute atomic E-state index is 5.27. The summed E-state index contributed by atoms with van der Waals surface area (Å²) >= 11 is 3.45. The van der Waals surface area contributed by atoms with Gasteiger partial charge in [0.25, 0.3) is 0 Å². The van der Waals surface area contributed by atoms with Crippen LogP contribution in [-0.4, -0.2) is 22.7 Å². The van der Waals surface area contributed by atoms with E-state index in [4.69, 9.17) is 4.52 Å². The Labute approximate surface area is 121 Å². The van der Waals surface area contributed by atoms with Crippen LogP contribution in [0.1, 0.15) is 25.3 Å². The first-order chi connectivity index (χ1) is 9.06. The maximum atomic E-state index is 5.27. The normalized spacial score (nSPS) is 11.2. The van der Waals surface area contributed by atoms with Gasteiger partial charge in [-0.2, -0.15) is 4.98 Å². The van der Waals surface area contributed by atoms with Crippen LogP contribution in [-0.2, 0) is 6.42 Å². The molecule has 0 fully saturated rings. The maximum Gasteiger partial charge on any atom is 0.228 e. The predicted molar refractivity (Wildman–Crippen MR) is 79.0 cm³/mol. The molecule has 0 spiro atoms. The van der Waals surface area contributed by atoms with Crippen molar-refractivity contribution in [3.8, 4) is 11.4 Å². The monoisotopic (exact) mass is 323 g/mol. The lowest BCUT2D eigenvalue weighted by Gasteiger charge is -2.04. The van der Waals surface area contributed by atoms with Crippen LogP contribution in [0.5, 0.6) is 0 Å². The van der Waals surface area contributed by atoms with Gasteiger partial charge in [0.05, 0.1) is 0 Å². The molecule has 0 aliphatic heterocycles. The van der Waals surface area contributed by atoms with E-state index in [1.54, 1.807) is 0 Å². The van der Waals surface area contributed by atoms with Gasteiger partial charge in [-0.15, -0.1) is 0 Å². The van der Waals surface area contributed by atoms with Crippen molar-refractivity contribution in [2.45, 2.75) is 33.2 Å². The third kappa shape index (κ3) is 3.88. The quantitative estimate of drug-likeness (QED) is 0.916. The van der Waals surface area contributed by atoms with E-state index in [9.17, 15) is 0 Å². The van der Waals surface area contributed by atoms with E-state index in [-0.39, 0.29) is 0 Å². The Kier molecular flexibility index (Phi) is 4.71. The molecule has 1 aromatic carbocycles. The predicted octanol–water partition coefficient (Wildman–Crippen LogP) is 3.35. The fourth-order valence-electron chi connectivity index (χ4n) is 1.81. The van der Waals surface area contributed by atoms with Crippen molar-refractivity contribution in [3.63, 3.8) is 0 Å². The van der Waals surface area contributed by atoms with Gasteiger partial charge in [0, 0.05) is 29.0 Å². The molecule has 4 nitrogen and oxygen atoms in total. The molecule has 0 saturated carbocycles. The number of aromatic nitrogens is 2. The average Bonchev–Trinajstić information content (AvgIpc) is 2.77. The number of benzene rings is 1. The molecule has 1 aromatic heterocycles. The fourth-order valence-corrected chi connectivity index (χ4v) is 2.29. The molecule has 2 aromatic rings. The molecule has 0 bridgehead atoms. The van der Waals surface area contributed by atoms with E-state index in [0.29, 0.717) is 17.8 Å². The smallest absolute Gasteiger partial charge is 0.228 e. The van der Waals surface area contributed by atoms with Crippen molar-refractivity contribution in [2.75, 3.05) is 6.54 Å². The first-order valence-electron chi connectivity index (χ1n) is 6.39. The van der Waals surface area contributed by atoms with Crippen LogP contribution in [0.15, 0.2) is 27.2 Å². The summed E-state index contributed by atoms with van der Waals surface area (Å²) in [5.74, 6) is 1.33. The van der Waals surface area contributed by atoms with Crippen LogP contribution in [0.4, 0.5) is 0 Å². The van der Waals surface area contributed by atoms with Gasteiger partial charge in [0.2, 0.25) is 11.7 Å². The second-order valence-corrected chi connectivity index (χ2v) is 5.75. The topological polar surface area (TPSA) is 51.0 Å². The zero-order valence-electron chi connectivity index (χ0n) is 11.4. The van der Waals surface area contributed by atoms with E-state index >= 15 is 0 Å². The van der Waals surface area contributed by atoms with Crippen molar-refractivity contribution in [1.29, 1.82) is 0 Å². The Hall–Kier alpha value is -1.20. The third-order valence-corrected chi connectivity index (χ3v) is 3.28. The molecule has 0 aliphatic rings. The van der Waals surface area contributed by atoms with E-state index in [2.05, 4.69) is 45.2 Å². The lowest BCUT2D eigenvalue weighted by atomic mass is 10.1. The molecule has 19 heavy (non-hydrogen) atoms. The Morgan fingerprint density at radius 3 is 2.84 bits per heavy atom. The molecule has 2 rings (SSSR count). The van der Waals surface area contributed by atoms with Gasteiger partial charge in [-0.05, 0) is 30.7 Å². The minimum absolute atomic E-state index is 0.469. The van der Waals surface area contributed by atoms with Gasteiger partial charge in [-0.25, -0.2) is 0 Å². The Morgan fingerprint density at radius 2 is 2.16 bits per heavy atom. The summed E-state index contributed by atoms with van der Waals surface area (Å²) < 4.78 is 6.33. The van der Waals surface area contributed by atoms with Crippen molar-refractivity contribution in [2.24, 2.45) is 0 Å². The minimum Gasteiger partial charge on any atom is -0.339 e. The lowest BCUT2D eigenvalue weighted by Crippen LogP contribution is -2.25. The van der Waals surface area contributed by atoms with Gasteiger partial charge in [0.15, 0.2) is 0 Å². The molecule has 102 valence electrons. The van der Waals surface area contributed by atoms with Crippen LogP contribution >= 0.6 is 15.9 Å². The SMILES string of the molecule is Cc1cc(Br)ccc1-c1noc(CCNC(C)C)n1. The Balaban J connectivity index is 2.08. The molecular formula is C14H18BrN3O. The van der Waals surface area contributed by atoms with Crippen LogP contribution in [0.25, 0.3) is 11.4 Å². The van der Waals surface area contributed by atoms with Gasteiger partial charge < -0.3 is 9.84 Å². The summed E-state index contributed by atoms with van der Waals surface area (Å²) in [5, 5.41) is 7.37. The first kappa shape index (κ1) is 14.2. The van der Waals surface area contributed by atoms with E-state index in [1.165, 1.54) is 0 Å². The van der Waals surface area contributed by atoms with Crippen molar-refractivity contribution < 1.29 is 4.52 Å². The molecule has 1 N–H and O–H groups in total. The molecule has 0 saturated heterocycles. The highest BCUT2D eigenvalue weighted by Gasteiger charge is 2.10. The van der Waals surface area contributed by atoms with Crippen molar-refractivity contribution in [3.05, 3.63) is 34.1 Å². The molecule has 5 heteroatoms. The zero-order valence-corrected chi connectivity index (χ0v) is 13.0. The molecule has 0 aliphatic carbocycles. The largest absolute Gasteiger partial charge is 0.339 e. The van der Waals surface area contributed by atoms with E-state index in [0.717, 1.165) is 28.6 Å². The Bertz CT molecular complexity index is 551.